The molecular formula is C20H21N5O. The highest BCUT2D eigenvalue weighted by molar-refractivity contribution is 5.92. The van der Waals surface area contributed by atoms with E-state index in [2.05, 4.69) is 37.9 Å². The molecule has 0 unspecified atom stereocenters. The lowest BCUT2D eigenvalue weighted by atomic mass is 10.1. The van der Waals surface area contributed by atoms with Gasteiger partial charge in [0.1, 0.15) is 5.82 Å². The van der Waals surface area contributed by atoms with Crippen molar-refractivity contribution in [2.45, 2.75) is 19.4 Å². The molecule has 0 fully saturated rings. The maximum Gasteiger partial charge on any atom is 0.271 e. The van der Waals surface area contributed by atoms with Crippen LogP contribution in [-0.4, -0.2) is 27.6 Å². The molecule has 1 amide bonds. The van der Waals surface area contributed by atoms with Crippen molar-refractivity contribution in [1.82, 2.24) is 20.5 Å². The summed E-state index contributed by atoms with van der Waals surface area (Å²) in [7, 11) is 0. The number of nitrogens with one attached hydrogen (secondary N) is 2. The summed E-state index contributed by atoms with van der Waals surface area (Å²) in [5.41, 5.74) is 2.69. The Morgan fingerprint density at radius 1 is 0.885 bits per heavy atom. The van der Waals surface area contributed by atoms with E-state index in [1.165, 1.54) is 5.56 Å². The summed E-state index contributed by atoms with van der Waals surface area (Å²) in [5, 5.41) is 14.1. The summed E-state index contributed by atoms with van der Waals surface area (Å²) in [6.07, 6.45) is 5.31. The molecule has 0 radical (unpaired) electrons. The van der Waals surface area contributed by atoms with E-state index in [0.717, 1.165) is 18.4 Å². The number of hydrogen-bond acceptors (Lipinski definition) is 5. The monoisotopic (exact) mass is 347 g/mol. The molecule has 1 aromatic carbocycles. The van der Waals surface area contributed by atoms with E-state index >= 15 is 0 Å². The first-order valence-corrected chi connectivity index (χ1v) is 8.60. The van der Waals surface area contributed by atoms with Gasteiger partial charge in [-0.05, 0) is 48.2 Å². The summed E-state index contributed by atoms with van der Waals surface area (Å²) >= 11 is 0. The van der Waals surface area contributed by atoms with Crippen molar-refractivity contribution in [2.75, 3.05) is 11.9 Å². The fourth-order valence-electron chi connectivity index (χ4n) is 2.47. The normalized spacial score (nSPS) is 10.3. The summed E-state index contributed by atoms with van der Waals surface area (Å²) in [4.78, 5) is 16.1. The van der Waals surface area contributed by atoms with Gasteiger partial charge in [-0.15, -0.1) is 10.2 Å². The molecule has 0 saturated carbocycles. The maximum atomic E-state index is 12.1. The van der Waals surface area contributed by atoms with Gasteiger partial charge in [-0.25, -0.2) is 0 Å². The van der Waals surface area contributed by atoms with Crippen LogP contribution in [0.1, 0.15) is 28.0 Å². The second-order valence-electron chi connectivity index (χ2n) is 5.86. The predicted molar refractivity (Wildman–Crippen MR) is 101 cm³/mol. The number of rotatable bonds is 8. The molecule has 0 aliphatic carbocycles. The van der Waals surface area contributed by atoms with Gasteiger partial charge in [0, 0.05) is 25.5 Å². The zero-order valence-corrected chi connectivity index (χ0v) is 14.4. The lowest BCUT2D eigenvalue weighted by molar-refractivity contribution is 0.0947. The zero-order chi connectivity index (χ0) is 18.0. The van der Waals surface area contributed by atoms with Crippen molar-refractivity contribution in [3.05, 3.63) is 83.8 Å². The van der Waals surface area contributed by atoms with E-state index in [9.17, 15) is 4.79 Å². The Bertz CT molecular complexity index is 807. The van der Waals surface area contributed by atoms with Gasteiger partial charge in [-0.1, -0.05) is 30.3 Å². The predicted octanol–water partition coefficient (Wildman–Crippen LogP) is 2.85. The lowest BCUT2D eigenvalue weighted by Crippen LogP contribution is -2.26. The largest absolute Gasteiger partial charge is 0.365 e. The van der Waals surface area contributed by atoms with E-state index < -0.39 is 0 Å². The molecule has 3 aromatic rings. The van der Waals surface area contributed by atoms with Crippen molar-refractivity contribution in [2.24, 2.45) is 0 Å². The lowest BCUT2D eigenvalue weighted by Gasteiger charge is -2.07. The van der Waals surface area contributed by atoms with Crippen LogP contribution in [0.15, 0.2) is 67.0 Å². The van der Waals surface area contributed by atoms with Crippen LogP contribution in [0.3, 0.4) is 0 Å². The molecule has 3 rings (SSSR count). The molecule has 6 nitrogen and oxygen atoms in total. The minimum Gasteiger partial charge on any atom is -0.365 e. The first kappa shape index (κ1) is 17.5. The van der Waals surface area contributed by atoms with Crippen molar-refractivity contribution < 1.29 is 4.79 Å². The number of nitrogens with zero attached hydrogens (tertiary/aromatic N) is 3. The standard InChI is InChI=1S/C20H21N5O/c26-20(22-12-4-7-16-5-2-1-3-6-16)18-8-9-19(25-24-18)23-15-17-10-13-21-14-11-17/h1-3,5-6,8-11,13-14H,4,7,12,15H2,(H,22,26)(H,23,25). The molecule has 0 spiro atoms. The molecule has 132 valence electrons. The molecule has 0 atom stereocenters. The molecule has 0 aliphatic heterocycles. The highest BCUT2D eigenvalue weighted by atomic mass is 16.1. The van der Waals surface area contributed by atoms with Crippen LogP contribution in [-0.2, 0) is 13.0 Å². The number of carbonyl (C=O) groups is 1. The minimum atomic E-state index is -0.203. The summed E-state index contributed by atoms with van der Waals surface area (Å²) in [6, 6.07) is 17.5. The first-order valence-electron chi connectivity index (χ1n) is 8.60. The van der Waals surface area contributed by atoms with Gasteiger partial charge in [0.15, 0.2) is 5.69 Å². The third-order valence-corrected chi connectivity index (χ3v) is 3.89. The van der Waals surface area contributed by atoms with Crippen molar-refractivity contribution in [3.8, 4) is 0 Å². The molecule has 2 aromatic heterocycles. The topological polar surface area (TPSA) is 79.8 Å². The van der Waals surface area contributed by atoms with Crippen LogP contribution in [0.25, 0.3) is 0 Å². The van der Waals surface area contributed by atoms with Gasteiger partial charge >= 0.3 is 0 Å². The van der Waals surface area contributed by atoms with Crippen molar-refractivity contribution in [1.29, 1.82) is 0 Å². The summed E-state index contributed by atoms with van der Waals surface area (Å²) in [5.74, 6) is 0.425. The number of anilines is 1. The average molecular weight is 347 g/mol. The van der Waals surface area contributed by atoms with E-state index in [1.54, 1.807) is 24.5 Å². The highest BCUT2D eigenvalue weighted by Crippen LogP contribution is 2.06. The van der Waals surface area contributed by atoms with E-state index in [4.69, 9.17) is 0 Å². The Balaban J connectivity index is 1.41. The Hall–Kier alpha value is -3.28. The average Bonchev–Trinajstić information content (AvgIpc) is 2.71. The summed E-state index contributed by atoms with van der Waals surface area (Å²) in [6.45, 7) is 1.24. The third-order valence-electron chi connectivity index (χ3n) is 3.89. The number of benzene rings is 1. The Labute approximate surface area is 152 Å². The van der Waals surface area contributed by atoms with E-state index in [-0.39, 0.29) is 5.91 Å². The van der Waals surface area contributed by atoms with Crippen LogP contribution < -0.4 is 10.6 Å². The molecule has 0 bridgehead atoms. The molecule has 26 heavy (non-hydrogen) atoms. The van der Waals surface area contributed by atoms with Crippen LogP contribution in [0.4, 0.5) is 5.82 Å². The van der Waals surface area contributed by atoms with Gasteiger partial charge in [0.25, 0.3) is 5.91 Å². The van der Waals surface area contributed by atoms with E-state index in [0.29, 0.717) is 24.6 Å². The van der Waals surface area contributed by atoms with Gasteiger partial charge < -0.3 is 10.6 Å². The summed E-state index contributed by atoms with van der Waals surface area (Å²) < 4.78 is 0. The zero-order valence-electron chi connectivity index (χ0n) is 14.4. The molecule has 0 saturated heterocycles. The fourth-order valence-corrected chi connectivity index (χ4v) is 2.47. The van der Waals surface area contributed by atoms with Gasteiger partial charge in [-0.3, -0.25) is 9.78 Å². The van der Waals surface area contributed by atoms with Crippen LogP contribution in [0.2, 0.25) is 0 Å². The SMILES string of the molecule is O=C(NCCCc1ccccc1)c1ccc(NCc2ccncc2)nn1. The third kappa shape index (κ3) is 5.37. The van der Waals surface area contributed by atoms with Crippen LogP contribution >= 0.6 is 0 Å². The number of amides is 1. The molecule has 2 N–H and O–H groups in total. The number of aryl methyl sites for hydroxylation is 1. The van der Waals surface area contributed by atoms with Gasteiger partial charge in [0.2, 0.25) is 0 Å². The van der Waals surface area contributed by atoms with Gasteiger partial charge in [-0.2, -0.15) is 0 Å². The Kier molecular flexibility index (Phi) is 6.25. The number of pyridine rings is 1. The smallest absolute Gasteiger partial charge is 0.271 e. The maximum absolute atomic E-state index is 12.1. The number of carbonyl (C=O) groups excluding carboxylic acids is 1. The van der Waals surface area contributed by atoms with E-state index in [1.807, 2.05) is 30.3 Å². The number of hydrogen-bond donors (Lipinski definition) is 2. The second kappa shape index (κ2) is 9.27. The molecule has 2 heterocycles. The number of aromatic nitrogens is 3. The first-order chi connectivity index (χ1) is 12.8. The fraction of sp³-hybridized carbons (Fsp3) is 0.200. The molecule has 0 aliphatic rings. The quantitative estimate of drug-likeness (QED) is 0.613. The molecular weight excluding hydrogens is 326 g/mol. The van der Waals surface area contributed by atoms with Gasteiger partial charge in [0.05, 0.1) is 0 Å². The molecule has 6 heteroatoms. The van der Waals surface area contributed by atoms with Crippen LogP contribution in [0, 0.1) is 0 Å². The van der Waals surface area contributed by atoms with Crippen LogP contribution in [0.5, 0.6) is 0 Å². The second-order valence-corrected chi connectivity index (χ2v) is 5.86. The van der Waals surface area contributed by atoms with Crippen molar-refractivity contribution in [3.63, 3.8) is 0 Å². The van der Waals surface area contributed by atoms with Crippen molar-refractivity contribution >= 4 is 11.7 Å². The Morgan fingerprint density at radius 3 is 2.42 bits per heavy atom. The highest BCUT2D eigenvalue weighted by Gasteiger charge is 2.07. The Morgan fingerprint density at radius 2 is 1.69 bits per heavy atom. The minimum absolute atomic E-state index is 0.203.